The minimum absolute atomic E-state index is 0.149. The molecule has 0 amide bonds. The van der Waals surface area contributed by atoms with E-state index in [2.05, 4.69) is 4.18 Å². The van der Waals surface area contributed by atoms with Gasteiger partial charge in [0.05, 0.1) is 20.8 Å². The van der Waals surface area contributed by atoms with Crippen LogP contribution in [0.25, 0.3) is 0 Å². The quantitative estimate of drug-likeness (QED) is 0.615. The van der Waals surface area contributed by atoms with E-state index in [0.29, 0.717) is 5.75 Å². The van der Waals surface area contributed by atoms with Gasteiger partial charge in [0.2, 0.25) is 0 Å². The van der Waals surface area contributed by atoms with E-state index in [1.807, 2.05) is 0 Å². The van der Waals surface area contributed by atoms with Crippen molar-refractivity contribution < 1.29 is 35.2 Å². The van der Waals surface area contributed by atoms with Gasteiger partial charge in [0, 0.05) is 11.6 Å². The van der Waals surface area contributed by atoms with Crippen LogP contribution in [-0.4, -0.2) is 28.1 Å². The van der Waals surface area contributed by atoms with Crippen LogP contribution in [0.4, 0.5) is 13.2 Å². The Morgan fingerprint density at radius 1 is 1.16 bits per heavy atom. The average Bonchev–Trinajstić information content (AvgIpc) is 2.34. The molecule has 0 heterocycles. The van der Waals surface area contributed by atoms with Crippen LogP contribution < -0.4 is 9.47 Å². The second kappa shape index (κ2) is 5.66. The number of hydrogen-bond donors (Lipinski definition) is 0. The molecule has 0 saturated carbocycles. The highest BCUT2D eigenvalue weighted by atomic mass is 32.2. The fourth-order valence-corrected chi connectivity index (χ4v) is 1.59. The molecule has 1 aromatic rings. The molecule has 108 valence electrons. The second-order valence-electron chi connectivity index (χ2n) is 3.34. The van der Waals surface area contributed by atoms with Gasteiger partial charge in [-0.1, -0.05) is 0 Å². The van der Waals surface area contributed by atoms with Crippen molar-refractivity contribution >= 4 is 10.1 Å². The summed E-state index contributed by atoms with van der Waals surface area (Å²) < 4.78 is 71.4. The number of benzene rings is 1. The van der Waals surface area contributed by atoms with E-state index in [0.717, 1.165) is 0 Å². The predicted octanol–water partition coefficient (Wildman–Crippen LogP) is 2.07. The fraction of sp³-hybridized carbons (Fsp3) is 0.400. The zero-order chi connectivity index (χ0) is 14.7. The zero-order valence-corrected chi connectivity index (χ0v) is 10.8. The van der Waals surface area contributed by atoms with Crippen LogP contribution in [0, 0.1) is 0 Å². The average molecular weight is 300 g/mol. The molecule has 0 bridgehead atoms. The van der Waals surface area contributed by atoms with Gasteiger partial charge in [-0.15, -0.1) is 0 Å². The maximum Gasteiger partial charge on any atom is 0.523 e. The number of alkyl halides is 3. The molecule has 0 fully saturated rings. The Bertz CT molecular complexity index is 539. The van der Waals surface area contributed by atoms with Crippen molar-refractivity contribution in [3.05, 3.63) is 23.8 Å². The first kappa shape index (κ1) is 15.6. The maximum absolute atomic E-state index is 12.1. The molecular weight excluding hydrogens is 289 g/mol. The van der Waals surface area contributed by atoms with Gasteiger partial charge in [-0.25, -0.2) is 0 Å². The highest BCUT2D eigenvalue weighted by Crippen LogP contribution is 2.29. The molecular formula is C10H11F3O5S. The first-order valence-electron chi connectivity index (χ1n) is 4.88. The van der Waals surface area contributed by atoms with Gasteiger partial charge in [0.1, 0.15) is 11.5 Å². The molecule has 0 aromatic heterocycles. The molecule has 0 aliphatic carbocycles. The third-order valence-electron chi connectivity index (χ3n) is 2.15. The van der Waals surface area contributed by atoms with Crippen LogP contribution in [-0.2, 0) is 20.9 Å². The summed E-state index contributed by atoms with van der Waals surface area (Å²) in [4.78, 5) is 0. The van der Waals surface area contributed by atoms with Gasteiger partial charge >= 0.3 is 15.6 Å². The van der Waals surface area contributed by atoms with Crippen LogP contribution in [0.15, 0.2) is 18.2 Å². The van der Waals surface area contributed by atoms with Gasteiger partial charge in [-0.2, -0.15) is 21.6 Å². The first-order chi connectivity index (χ1) is 8.71. The van der Waals surface area contributed by atoms with Gasteiger partial charge in [0.25, 0.3) is 0 Å². The highest BCUT2D eigenvalue weighted by molar-refractivity contribution is 7.87. The molecule has 0 unspecified atom stereocenters. The zero-order valence-electron chi connectivity index (χ0n) is 10.0. The van der Waals surface area contributed by atoms with Gasteiger partial charge in [0.15, 0.2) is 0 Å². The van der Waals surface area contributed by atoms with Gasteiger partial charge in [-0.3, -0.25) is 4.18 Å². The van der Waals surface area contributed by atoms with E-state index in [1.54, 1.807) is 0 Å². The van der Waals surface area contributed by atoms with Crippen LogP contribution in [0.1, 0.15) is 5.56 Å². The molecule has 0 atom stereocenters. The van der Waals surface area contributed by atoms with Crippen molar-refractivity contribution in [1.29, 1.82) is 0 Å². The minimum atomic E-state index is -5.62. The van der Waals surface area contributed by atoms with Crippen molar-refractivity contribution in [2.75, 3.05) is 14.2 Å². The summed E-state index contributed by atoms with van der Waals surface area (Å²) in [6.45, 7) is -0.783. The number of rotatable bonds is 5. The highest BCUT2D eigenvalue weighted by Gasteiger charge is 2.47. The second-order valence-corrected chi connectivity index (χ2v) is 4.95. The minimum Gasteiger partial charge on any atom is -0.497 e. The Labute approximate surface area is 108 Å². The van der Waals surface area contributed by atoms with Crippen molar-refractivity contribution in [2.45, 2.75) is 12.1 Å². The topological polar surface area (TPSA) is 61.8 Å². The van der Waals surface area contributed by atoms with E-state index < -0.39 is 22.2 Å². The SMILES string of the molecule is COc1ccc(COS(=O)(=O)C(F)(F)F)c(OC)c1. The third-order valence-corrected chi connectivity index (χ3v) is 3.14. The lowest BCUT2D eigenvalue weighted by molar-refractivity contribution is -0.0548. The largest absolute Gasteiger partial charge is 0.523 e. The molecule has 5 nitrogen and oxygen atoms in total. The van der Waals surface area contributed by atoms with Crippen molar-refractivity contribution in [3.63, 3.8) is 0 Å². The molecule has 19 heavy (non-hydrogen) atoms. The van der Waals surface area contributed by atoms with Gasteiger partial charge < -0.3 is 9.47 Å². The molecule has 0 radical (unpaired) electrons. The van der Waals surface area contributed by atoms with Crippen LogP contribution in [0.2, 0.25) is 0 Å². The van der Waals surface area contributed by atoms with E-state index in [1.165, 1.54) is 32.4 Å². The van der Waals surface area contributed by atoms with Gasteiger partial charge in [-0.05, 0) is 12.1 Å². The number of methoxy groups -OCH3 is 2. The van der Waals surface area contributed by atoms with Crippen LogP contribution >= 0.6 is 0 Å². The van der Waals surface area contributed by atoms with E-state index in [4.69, 9.17) is 9.47 Å². The molecule has 0 spiro atoms. The third kappa shape index (κ3) is 3.74. The lowest BCUT2D eigenvalue weighted by Gasteiger charge is -2.12. The van der Waals surface area contributed by atoms with Crippen LogP contribution in [0.3, 0.4) is 0 Å². The maximum atomic E-state index is 12.1. The summed E-state index contributed by atoms with van der Waals surface area (Å²) in [5.41, 5.74) is -5.30. The lowest BCUT2D eigenvalue weighted by Crippen LogP contribution is -2.25. The Hall–Kier alpha value is -1.48. The standard InChI is InChI=1S/C10H11F3O5S/c1-16-8-4-3-7(9(5-8)17-2)6-18-19(14,15)10(11,12)13/h3-5H,6H2,1-2H3. The van der Waals surface area contributed by atoms with E-state index in [-0.39, 0.29) is 11.3 Å². The summed E-state index contributed by atoms with van der Waals surface area (Å²) in [6.07, 6.45) is 0. The fourth-order valence-electron chi connectivity index (χ4n) is 1.18. The van der Waals surface area contributed by atoms with Crippen molar-refractivity contribution in [2.24, 2.45) is 0 Å². The Balaban J connectivity index is 2.90. The normalized spacial score (nSPS) is 12.3. The van der Waals surface area contributed by atoms with E-state index in [9.17, 15) is 21.6 Å². The molecule has 1 rings (SSSR count). The molecule has 0 N–H and O–H groups in total. The Morgan fingerprint density at radius 2 is 1.79 bits per heavy atom. The number of hydrogen-bond acceptors (Lipinski definition) is 5. The summed E-state index contributed by atoms with van der Waals surface area (Å²) in [7, 11) is -2.93. The molecule has 0 aliphatic rings. The first-order valence-corrected chi connectivity index (χ1v) is 6.28. The van der Waals surface area contributed by atoms with Crippen molar-refractivity contribution in [3.8, 4) is 11.5 Å². The van der Waals surface area contributed by atoms with Crippen molar-refractivity contribution in [1.82, 2.24) is 0 Å². The lowest BCUT2D eigenvalue weighted by atomic mass is 10.2. The van der Waals surface area contributed by atoms with Crippen LogP contribution in [0.5, 0.6) is 11.5 Å². The molecule has 0 aliphatic heterocycles. The smallest absolute Gasteiger partial charge is 0.497 e. The Kier molecular flexibility index (Phi) is 4.64. The summed E-state index contributed by atoms with van der Waals surface area (Å²) in [6, 6.07) is 4.20. The molecule has 0 saturated heterocycles. The Morgan fingerprint density at radius 3 is 2.26 bits per heavy atom. The monoisotopic (exact) mass is 300 g/mol. The summed E-state index contributed by atoms with van der Waals surface area (Å²) >= 11 is 0. The molecule has 1 aromatic carbocycles. The summed E-state index contributed by atoms with van der Waals surface area (Å²) in [5, 5.41) is 0. The number of halogens is 3. The number of ether oxygens (including phenoxy) is 2. The van der Waals surface area contributed by atoms with E-state index >= 15 is 0 Å². The predicted molar refractivity (Wildman–Crippen MR) is 59.3 cm³/mol. The summed E-state index contributed by atoms with van der Waals surface area (Å²) in [5.74, 6) is 0.580. The molecule has 9 heteroatoms.